The zero-order chi connectivity index (χ0) is 28.0. The lowest BCUT2D eigenvalue weighted by atomic mass is 9.94. The van der Waals surface area contributed by atoms with Crippen molar-refractivity contribution < 1.29 is 4.57 Å². The van der Waals surface area contributed by atoms with E-state index in [0.717, 1.165) is 26.7 Å². The van der Waals surface area contributed by atoms with Crippen LogP contribution in [-0.4, -0.2) is 9.52 Å². The normalized spacial score (nSPS) is 12.9. The first-order valence-corrected chi connectivity index (χ1v) is 18.5. The molecule has 0 radical (unpaired) electrons. The van der Waals surface area contributed by atoms with Crippen LogP contribution in [0.3, 0.4) is 0 Å². The lowest BCUT2D eigenvalue weighted by Crippen LogP contribution is -2.27. The van der Waals surface area contributed by atoms with Gasteiger partial charge in [-0.2, -0.15) is 0 Å². The van der Waals surface area contributed by atoms with Crippen LogP contribution in [0.25, 0.3) is 64.6 Å². The smallest absolute Gasteiger partial charge is 0.172 e. The standard InChI is InChI=1S/C39H27OPSi/c1-42-31-18-16-30(17-19-31)41(40,34-22-14-28-10-8-24-4-2-6-26-12-20-32(34)38(28)36(24)26)35-23-15-29-11-9-25-5-3-7-27-13-21-33(35)39(29)37(25)27/h2-23H,42H2,1H3. The maximum atomic E-state index is 16.3. The van der Waals surface area contributed by atoms with Crippen LogP contribution in [-0.2, 0) is 4.57 Å². The van der Waals surface area contributed by atoms with Gasteiger partial charge in [0.05, 0.1) is 9.52 Å². The molecule has 0 aliphatic carbocycles. The molecule has 9 aromatic carbocycles. The van der Waals surface area contributed by atoms with Gasteiger partial charge in [-0.15, -0.1) is 0 Å². The molecule has 0 aliphatic rings. The van der Waals surface area contributed by atoms with Gasteiger partial charge in [0.1, 0.15) is 0 Å². The summed E-state index contributed by atoms with van der Waals surface area (Å²) in [6, 6.07) is 47.9. The van der Waals surface area contributed by atoms with E-state index in [-0.39, 0.29) is 9.52 Å². The Labute approximate surface area is 246 Å². The molecule has 0 aromatic heterocycles. The van der Waals surface area contributed by atoms with Crippen LogP contribution in [0, 0.1) is 0 Å². The molecule has 1 nitrogen and oxygen atoms in total. The quantitative estimate of drug-likeness (QED) is 0.119. The molecular weight excluding hydrogens is 543 g/mol. The summed E-state index contributed by atoms with van der Waals surface area (Å²) in [5.74, 6) is 0. The first-order chi connectivity index (χ1) is 20.6. The average molecular weight is 571 g/mol. The minimum absolute atomic E-state index is 0.318. The van der Waals surface area contributed by atoms with Gasteiger partial charge in [-0.1, -0.05) is 133 Å². The average Bonchev–Trinajstić information content (AvgIpc) is 3.05. The lowest BCUT2D eigenvalue weighted by Gasteiger charge is -2.25. The highest BCUT2D eigenvalue weighted by molar-refractivity contribution is 7.86. The minimum Gasteiger partial charge on any atom is -0.309 e. The first-order valence-electron chi connectivity index (χ1n) is 14.7. The Morgan fingerprint density at radius 1 is 0.429 bits per heavy atom. The highest BCUT2D eigenvalue weighted by Gasteiger charge is 2.34. The van der Waals surface area contributed by atoms with Gasteiger partial charge in [0.2, 0.25) is 0 Å². The Hall–Kier alpha value is -4.49. The summed E-state index contributed by atoms with van der Waals surface area (Å²) in [5.41, 5.74) is 0. The van der Waals surface area contributed by atoms with Crippen LogP contribution in [0.15, 0.2) is 133 Å². The molecule has 42 heavy (non-hydrogen) atoms. The molecule has 3 heteroatoms. The van der Waals surface area contributed by atoms with Gasteiger partial charge in [0, 0.05) is 15.9 Å². The van der Waals surface area contributed by atoms with E-state index in [1.165, 1.54) is 59.0 Å². The van der Waals surface area contributed by atoms with Crippen molar-refractivity contribution in [3.8, 4) is 0 Å². The van der Waals surface area contributed by atoms with Gasteiger partial charge >= 0.3 is 0 Å². The van der Waals surface area contributed by atoms with Crippen molar-refractivity contribution in [2.24, 2.45) is 0 Å². The molecule has 0 saturated heterocycles. The van der Waals surface area contributed by atoms with E-state index < -0.39 is 7.14 Å². The van der Waals surface area contributed by atoms with E-state index in [1.807, 2.05) is 0 Å². The second-order valence-corrected chi connectivity index (χ2v) is 15.7. The molecular formula is C39H27OPSi. The second kappa shape index (κ2) is 8.75. The predicted molar refractivity (Wildman–Crippen MR) is 187 cm³/mol. The Bertz CT molecular complexity index is 2350. The fourth-order valence-electron chi connectivity index (χ4n) is 7.34. The molecule has 0 spiro atoms. The summed E-state index contributed by atoms with van der Waals surface area (Å²) in [6.07, 6.45) is 0. The van der Waals surface area contributed by atoms with Gasteiger partial charge < -0.3 is 4.57 Å². The molecule has 0 fully saturated rings. The van der Waals surface area contributed by atoms with Crippen molar-refractivity contribution in [2.75, 3.05) is 0 Å². The molecule has 0 N–H and O–H groups in total. The molecule has 0 amide bonds. The molecule has 9 aromatic rings. The van der Waals surface area contributed by atoms with Crippen molar-refractivity contribution in [1.82, 2.24) is 0 Å². The van der Waals surface area contributed by atoms with Crippen molar-refractivity contribution in [3.05, 3.63) is 133 Å². The van der Waals surface area contributed by atoms with E-state index in [1.54, 1.807) is 0 Å². The highest BCUT2D eigenvalue weighted by Crippen LogP contribution is 2.49. The summed E-state index contributed by atoms with van der Waals surface area (Å²) >= 11 is 0. The Morgan fingerprint density at radius 2 is 0.810 bits per heavy atom. The third kappa shape index (κ3) is 3.17. The van der Waals surface area contributed by atoms with Crippen LogP contribution in [0.2, 0.25) is 6.55 Å². The van der Waals surface area contributed by atoms with Crippen LogP contribution < -0.4 is 21.1 Å². The third-order valence-electron chi connectivity index (χ3n) is 9.40. The molecule has 198 valence electrons. The summed E-state index contributed by atoms with van der Waals surface area (Å²) in [5, 5.41) is 18.5. The van der Waals surface area contributed by atoms with E-state index in [0.29, 0.717) is 0 Å². The Morgan fingerprint density at radius 3 is 1.24 bits per heavy atom. The number of hydrogen-bond acceptors (Lipinski definition) is 1. The van der Waals surface area contributed by atoms with Crippen molar-refractivity contribution >= 4 is 102 Å². The second-order valence-electron chi connectivity index (χ2n) is 11.5. The number of hydrogen-bond donors (Lipinski definition) is 0. The van der Waals surface area contributed by atoms with Crippen LogP contribution in [0.4, 0.5) is 0 Å². The van der Waals surface area contributed by atoms with Crippen LogP contribution >= 0.6 is 7.14 Å². The molecule has 0 saturated carbocycles. The molecule has 0 aliphatic heterocycles. The van der Waals surface area contributed by atoms with Crippen LogP contribution in [0.5, 0.6) is 0 Å². The van der Waals surface area contributed by atoms with Gasteiger partial charge in [-0.05, 0) is 76.8 Å². The first kappa shape index (κ1) is 24.1. The molecule has 0 atom stereocenters. The fourth-order valence-corrected chi connectivity index (χ4v) is 11.1. The Kier molecular flexibility index (Phi) is 5.03. The third-order valence-corrected chi connectivity index (χ3v) is 13.8. The summed E-state index contributed by atoms with van der Waals surface area (Å²) in [6.45, 7) is 2.30. The summed E-state index contributed by atoms with van der Waals surface area (Å²) in [7, 11) is -3.63. The maximum Gasteiger partial charge on any atom is 0.172 e. The summed E-state index contributed by atoms with van der Waals surface area (Å²) < 4.78 is 16.3. The van der Waals surface area contributed by atoms with E-state index >= 15 is 4.57 Å². The number of rotatable bonds is 4. The maximum absolute atomic E-state index is 16.3. The molecule has 0 heterocycles. The Balaban J connectivity index is 1.45. The lowest BCUT2D eigenvalue weighted by molar-refractivity contribution is 0.593. The SMILES string of the molecule is C[SiH2]c1ccc(P(=O)(c2ccc3ccc4cccc5ccc2c3c45)c2ccc3ccc4cccc5ccc2c3c45)cc1. The molecule has 0 bridgehead atoms. The van der Waals surface area contributed by atoms with Crippen LogP contribution in [0.1, 0.15) is 0 Å². The van der Waals surface area contributed by atoms with E-state index in [4.69, 9.17) is 0 Å². The van der Waals surface area contributed by atoms with Gasteiger partial charge in [0.15, 0.2) is 7.14 Å². The number of benzene rings is 9. The highest BCUT2D eigenvalue weighted by atomic mass is 31.2. The fraction of sp³-hybridized carbons (Fsp3) is 0.0256. The predicted octanol–water partition coefficient (Wildman–Crippen LogP) is 7.96. The molecule has 0 unspecified atom stereocenters. The summed E-state index contributed by atoms with van der Waals surface area (Å²) in [4.78, 5) is 0. The molecule has 9 rings (SSSR count). The largest absolute Gasteiger partial charge is 0.309 e. The van der Waals surface area contributed by atoms with E-state index in [2.05, 4.69) is 140 Å². The monoisotopic (exact) mass is 570 g/mol. The van der Waals surface area contributed by atoms with Gasteiger partial charge in [-0.3, -0.25) is 0 Å². The zero-order valence-corrected chi connectivity index (χ0v) is 25.6. The minimum atomic E-state index is -3.31. The van der Waals surface area contributed by atoms with Gasteiger partial charge in [0.25, 0.3) is 0 Å². The van der Waals surface area contributed by atoms with Crippen molar-refractivity contribution in [1.29, 1.82) is 0 Å². The van der Waals surface area contributed by atoms with Gasteiger partial charge in [-0.25, -0.2) is 0 Å². The zero-order valence-electron chi connectivity index (χ0n) is 23.3. The van der Waals surface area contributed by atoms with Crippen molar-refractivity contribution in [2.45, 2.75) is 6.55 Å². The van der Waals surface area contributed by atoms with E-state index in [9.17, 15) is 0 Å². The topological polar surface area (TPSA) is 17.1 Å². The van der Waals surface area contributed by atoms with Crippen molar-refractivity contribution in [3.63, 3.8) is 0 Å².